The second-order valence-corrected chi connectivity index (χ2v) is 11.0. The summed E-state index contributed by atoms with van der Waals surface area (Å²) in [7, 11) is -3.10. The van der Waals surface area contributed by atoms with E-state index in [-0.39, 0.29) is 58.2 Å². The molecule has 35 heavy (non-hydrogen) atoms. The van der Waals surface area contributed by atoms with E-state index < -0.39 is 34.1 Å². The van der Waals surface area contributed by atoms with E-state index in [0.29, 0.717) is 0 Å². The third-order valence-electron chi connectivity index (χ3n) is 5.25. The molecular weight excluding hydrogens is 515 g/mol. The summed E-state index contributed by atoms with van der Waals surface area (Å²) in [6, 6.07) is 3.99. The van der Waals surface area contributed by atoms with Gasteiger partial charge in [0.05, 0.1) is 16.5 Å². The molecule has 1 aliphatic heterocycles. The first-order valence-corrected chi connectivity index (χ1v) is 12.4. The SMILES string of the molecule is CC1(NC(=O)c2nc3cc(Oc4ncc(Cl)cc4OCC(F)(F)F)ccn3n2)CCS(=O)(=O)CC1. The van der Waals surface area contributed by atoms with Gasteiger partial charge in [0.1, 0.15) is 15.6 Å². The van der Waals surface area contributed by atoms with Crippen LogP contribution in [0, 0.1) is 0 Å². The minimum absolute atomic E-state index is 0.0174. The number of hydrogen-bond acceptors (Lipinski definition) is 8. The Bertz CT molecular complexity index is 1370. The molecule has 188 valence electrons. The van der Waals surface area contributed by atoms with Gasteiger partial charge < -0.3 is 14.8 Å². The van der Waals surface area contributed by atoms with Gasteiger partial charge in [-0.15, -0.1) is 5.10 Å². The predicted molar refractivity (Wildman–Crippen MR) is 118 cm³/mol. The number of nitrogens with one attached hydrogen (secondary N) is 1. The molecule has 15 heteroatoms. The number of carbonyl (C=O) groups is 1. The lowest BCUT2D eigenvalue weighted by Gasteiger charge is -2.33. The van der Waals surface area contributed by atoms with Gasteiger partial charge in [-0.3, -0.25) is 4.79 Å². The first-order chi connectivity index (χ1) is 16.3. The Labute approximate surface area is 202 Å². The van der Waals surface area contributed by atoms with Gasteiger partial charge >= 0.3 is 6.18 Å². The molecule has 1 N–H and O–H groups in total. The van der Waals surface area contributed by atoms with Crippen LogP contribution in [0.4, 0.5) is 13.2 Å². The number of sulfone groups is 1. The lowest BCUT2D eigenvalue weighted by atomic mass is 9.95. The van der Waals surface area contributed by atoms with E-state index >= 15 is 0 Å². The normalized spacial score (nSPS) is 17.2. The summed E-state index contributed by atoms with van der Waals surface area (Å²) in [4.78, 5) is 20.7. The quantitative estimate of drug-likeness (QED) is 0.512. The molecule has 3 aromatic heterocycles. The Morgan fingerprint density at radius 3 is 2.69 bits per heavy atom. The molecule has 4 heterocycles. The van der Waals surface area contributed by atoms with Gasteiger partial charge in [-0.2, -0.15) is 13.2 Å². The van der Waals surface area contributed by atoms with Crippen LogP contribution in [0.25, 0.3) is 5.65 Å². The molecule has 4 rings (SSSR count). The first-order valence-electron chi connectivity index (χ1n) is 10.2. The number of carbonyl (C=O) groups excluding carboxylic acids is 1. The lowest BCUT2D eigenvalue weighted by Crippen LogP contribution is -2.51. The Morgan fingerprint density at radius 2 is 2.00 bits per heavy atom. The Morgan fingerprint density at radius 1 is 1.29 bits per heavy atom. The van der Waals surface area contributed by atoms with Crippen LogP contribution in [-0.4, -0.2) is 63.7 Å². The molecule has 1 saturated heterocycles. The number of hydrogen-bond donors (Lipinski definition) is 1. The smallest absolute Gasteiger partial charge is 0.422 e. The monoisotopic (exact) mass is 533 g/mol. The third kappa shape index (κ3) is 6.31. The van der Waals surface area contributed by atoms with Gasteiger partial charge in [-0.1, -0.05) is 11.6 Å². The number of pyridine rings is 2. The van der Waals surface area contributed by atoms with Gasteiger partial charge in [0, 0.05) is 30.1 Å². The zero-order chi connectivity index (χ0) is 25.4. The molecule has 0 unspecified atom stereocenters. The largest absolute Gasteiger partial charge is 0.478 e. The summed E-state index contributed by atoms with van der Waals surface area (Å²) in [5.74, 6) is -1.16. The summed E-state index contributed by atoms with van der Waals surface area (Å²) in [6.07, 6.45) is -1.39. The van der Waals surface area contributed by atoms with E-state index in [0.717, 1.165) is 6.07 Å². The number of fused-ring (bicyclic) bond motifs is 1. The van der Waals surface area contributed by atoms with Crippen LogP contribution in [0.3, 0.4) is 0 Å². The fraction of sp³-hybridized carbons (Fsp3) is 0.400. The number of rotatable bonds is 6. The molecule has 0 radical (unpaired) electrons. The fourth-order valence-electron chi connectivity index (χ4n) is 3.33. The van der Waals surface area contributed by atoms with Crippen molar-refractivity contribution in [3.8, 4) is 17.4 Å². The summed E-state index contributed by atoms with van der Waals surface area (Å²) < 4.78 is 72.6. The zero-order valence-corrected chi connectivity index (χ0v) is 19.7. The van der Waals surface area contributed by atoms with Crippen molar-refractivity contribution >= 4 is 33.0 Å². The number of alkyl halides is 3. The van der Waals surface area contributed by atoms with Crippen molar-refractivity contribution in [3.63, 3.8) is 0 Å². The van der Waals surface area contributed by atoms with Crippen LogP contribution in [0.2, 0.25) is 5.02 Å². The van der Waals surface area contributed by atoms with E-state index in [1.807, 2.05) is 0 Å². The third-order valence-corrected chi connectivity index (χ3v) is 7.11. The van der Waals surface area contributed by atoms with Crippen molar-refractivity contribution in [3.05, 3.63) is 41.4 Å². The van der Waals surface area contributed by atoms with Gasteiger partial charge in [-0.25, -0.2) is 22.9 Å². The maximum atomic E-state index is 12.7. The maximum absolute atomic E-state index is 12.7. The molecule has 1 aliphatic rings. The van der Waals surface area contributed by atoms with Crippen LogP contribution in [0.1, 0.15) is 30.4 Å². The second-order valence-electron chi connectivity index (χ2n) is 8.23. The average Bonchev–Trinajstić information content (AvgIpc) is 3.19. The average molecular weight is 534 g/mol. The molecule has 0 aromatic carbocycles. The molecule has 0 saturated carbocycles. The number of ether oxygens (including phenoxy) is 2. The first kappa shape index (κ1) is 25.0. The highest BCUT2D eigenvalue weighted by atomic mass is 35.5. The van der Waals surface area contributed by atoms with Crippen LogP contribution >= 0.6 is 11.6 Å². The molecule has 1 fully saturated rings. The zero-order valence-electron chi connectivity index (χ0n) is 18.2. The van der Waals surface area contributed by atoms with Crippen molar-refractivity contribution in [1.82, 2.24) is 24.9 Å². The van der Waals surface area contributed by atoms with Gasteiger partial charge in [0.25, 0.3) is 11.8 Å². The molecule has 0 atom stereocenters. The second kappa shape index (κ2) is 9.15. The van der Waals surface area contributed by atoms with Crippen LogP contribution in [0.5, 0.6) is 17.4 Å². The minimum Gasteiger partial charge on any atom is -0.478 e. The highest BCUT2D eigenvalue weighted by Crippen LogP contribution is 2.33. The maximum Gasteiger partial charge on any atom is 0.422 e. The van der Waals surface area contributed by atoms with Crippen LogP contribution in [0.15, 0.2) is 30.6 Å². The summed E-state index contributed by atoms with van der Waals surface area (Å²) in [5, 5.41) is 6.97. The summed E-state index contributed by atoms with van der Waals surface area (Å²) in [6.45, 7) is 0.205. The Kier molecular flexibility index (Phi) is 6.53. The van der Waals surface area contributed by atoms with Gasteiger partial charge in [-0.05, 0) is 25.8 Å². The predicted octanol–water partition coefficient (Wildman–Crippen LogP) is 3.21. The van der Waals surface area contributed by atoms with Crippen molar-refractivity contribution in [2.45, 2.75) is 31.5 Å². The molecule has 10 nitrogen and oxygen atoms in total. The number of amides is 1. The van der Waals surface area contributed by atoms with E-state index in [1.165, 1.54) is 29.0 Å². The summed E-state index contributed by atoms with van der Waals surface area (Å²) in [5.41, 5.74) is -0.489. The van der Waals surface area contributed by atoms with Gasteiger partial charge in [0.15, 0.2) is 18.0 Å². The number of halogens is 4. The Balaban J connectivity index is 1.50. The highest BCUT2D eigenvalue weighted by molar-refractivity contribution is 7.91. The van der Waals surface area contributed by atoms with Crippen molar-refractivity contribution in [2.75, 3.05) is 18.1 Å². The molecule has 0 bridgehead atoms. The van der Waals surface area contributed by atoms with Crippen molar-refractivity contribution in [1.29, 1.82) is 0 Å². The molecule has 0 spiro atoms. The number of nitrogens with zero attached hydrogens (tertiary/aromatic N) is 4. The van der Waals surface area contributed by atoms with E-state index in [4.69, 9.17) is 21.1 Å². The lowest BCUT2D eigenvalue weighted by molar-refractivity contribution is -0.153. The summed E-state index contributed by atoms with van der Waals surface area (Å²) >= 11 is 5.81. The topological polar surface area (TPSA) is 125 Å². The number of aromatic nitrogens is 4. The molecular formula is C20H19ClF3N5O5S. The Hall–Kier alpha value is -3.13. The van der Waals surface area contributed by atoms with Crippen LogP contribution < -0.4 is 14.8 Å². The van der Waals surface area contributed by atoms with Crippen molar-refractivity contribution in [2.24, 2.45) is 0 Å². The molecule has 0 aliphatic carbocycles. The fourth-order valence-corrected chi connectivity index (χ4v) is 5.20. The van der Waals surface area contributed by atoms with Crippen LogP contribution in [-0.2, 0) is 9.84 Å². The standard InChI is InChI=1S/C20H19ClF3N5O5S/c1-19(3-6-35(31,32)7-4-19)27-17(30)16-26-15-9-13(2-5-29(15)28-16)34-18-14(8-12(21)10-25-18)33-11-20(22,23)24/h2,5,8-10H,3-4,6-7,11H2,1H3,(H,27,30). The van der Waals surface area contributed by atoms with E-state index in [2.05, 4.69) is 20.4 Å². The molecule has 1 amide bonds. The van der Waals surface area contributed by atoms with E-state index in [9.17, 15) is 26.4 Å². The minimum atomic E-state index is -4.57. The van der Waals surface area contributed by atoms with Gasteiger partial charge in [0.2, 0.25) is 5.82 Å². The van der Waals surface area contributed by atoms with E-state index in [1.54, 1.807) is 6.92 Å². The highest BCUT2D eigenvalue weighted by Gasteiger charge is 2.35. The van der Waals surface area contributed by atoms with Crippen molar-refractivity contribution < 1.29 is 35.9 Å². The molecule has 3 aromatic rings.